The third-order valence-corrected chi connectivity index (χ3v) is 3.77. The topological polar surface area (TPSA) is 36.9 Å². The van der Waals surface area contributed by atoms with Crippen molar-refractivity contribution in [2.45, 2.75) is 24.4 Å². The van der Waals surface area contributed by atoms with Gasteiger partial charge in [0.1, 0.15) is 12.2 Å². The Hall–Kier alpha value is -0.580. The summed E-state index contributed by atoms with van der Waals surface area (Å²) >= 11 is 0. The van der Waals surface area contributed by atoms with Gasteiger partial charge in [0, 0.05) is 18.9 Å². The molecule has 6 unspecified atom stereocenters. The SMILES string of the molecule is C=COC1C2OC3C(COC31)C2COC. The van der Waals surface area contributed by atoms with E-state index in [-0.39, 0.29) is 24.4 Å². The molecule has 3 aliphatic rings. The van der Waals surface area contributed by atoms with Gasteiger partial charge in [0.25, 0.3) is 0 Å². The highest BCUT2D eigenvalue weighted by molar-refractivity contribution is 5.11. The summed E-state index contributed by atoms with van der Waals surface area (Å²) < 4.78 is 22.4. The molecule has 0 aromatic heterocycles. The van der Waals surface area contributed by atoms with Crippen molar-refractivity contribution < 1.29 is 18.9 Å². The molecule has 0 aromatic carbocycles. The van der Waals surface area contributed by atoms with Crippen molar-refractivity contribution in [1.29, 1.82) is 0 Å². The number of rotatable bonds is 4. The van der Waals surface area contributed by atoms with Gasteiger partial charge in [-0.3, -0.25) is 0 Å². The average molecular weight is 212 g/mol. The van der Waals surface area contributed by atoms with Gasteiger partial charge in [-0.25, -0.2) is 0 Å². The quantitative estimate of drug-likeness (QED) is 0.639. The fourth-order valence-electron chi connectivity index (χ4n) is 3.19. The average Bonchev–Trinajstić information content (AvgIpc) is 2.81. The summed E-state index contributed by atoms with van der Waals surface area (Å²) in [6.45, 7) is 5.09. The molecular formula is C11H16O4. The summed E-state index contributed by atoms with van der Waals surface area (Å²) in [6, 6.07) is 0. The summed E-state index contributed by atoms with van der Waals surface area (Å²) in [5, 5.41) is 0. The monoisotopic (exact) mass is 212 g/mol. The van der Waals surface area contributed by atoms with E-state index in [1.807, 2.05) is 0 Å². The van der Waals surface area contributed by atoms with Crippen LogP contribution in [0.5, 0.6) is 0 Å². The number of fused-ring (bicyclic) bond motifs is 1. The lowest BCUT2D eigenvalue weighted by molar-refractivity contribution is -0.0176. The van der Waals surface area contributed by atoms with Gasteiger partial charge in [-0.05, 0) is 0 Å². The van der Waals surface area contributed by atoms with Crippen molar-refractivity contribution in [3.05, 3.63) is 12.8 Å². The second-order valence-electron chi connectivity index (χ2n) is 4.41. The Morgan fingerprint density at radius 1 is 1.40 bits per heavy atom. The van der Waals surface area contributed by atoms with E-state index in [9.17, 15) is 0 Å². The minimum absolute atomic E-state index is 0.00593. The first kappa shape index (κ1) is 9.63. The summed E-state index contributed by atoms with van der Waals surface area (Å²) in [5.74, 6) is 0.897. The first-order valence-corrected chi connectivity index (χ1v) is 5.39. The maximum Gasteiger partial charge on any atom is 0.153 e. The molecule has 6 atom stereocenters. The minimum atomic E-state index is 0.00593. The zero-order valence-corrected chi connectivity index (χ0v) is 8.80. The Kier molecular flexibility index (Phi) is 2.23. The van der Waals surface area contributed by atoms with E-state index in [1.54, 1.807) is 7.11 Å². The molecule has 0 N–H and O–H groups in total. The van der Waals surface area contributed by atoms with Gasteiger partial charge >= 0.3 is 0 Å². The molecule has 4 nitrogen and oxygen atoms in total. The molecule has 3 fully saturated rings. The second-order valence-corrected chi connectivity index (χ2v) is 4.41. The third kappa shape index (κ3) is 1.19. The molecule has 0 aliphatic carbocycles. The summed E-state index contributed by atoms with van der Waals surface area (Å²) in [6.07, 6.45) is 1.91. The van der Waals surface area contributed by atoms with Crippen molar-refractivity contribution in [3.8, 4) is 0 Å². The Morgan fingerprint density at radius 2 is 2.27 bits per heavy atom. The molecule has 0 aromatic rings. The van der Waals surface area contributed by atoms with Crippen molar-refractivity contribution in [2.24, 2.45) is 11.8 Å². The van der Waals surface area contributed by atoms with Crippen LogP contribution in [0.1, 0.15) is 0 Å². The summed E-state index contributed by atoms with van der Waals surface area (Å²) in [7, 11) is 1.72. The Bertz CT molecular complexity index is 267. The number of ether oxygens (including phenoxy) is 4. The first-order chi connectivity index (χ1) is 7.36. The minimum Gasteiger partial charge on any atom is -0.493 e. The third-order valence-electron chi connectivity index (χ3n) is 3.77. The van der Waals surface area contributed by atoms with Crippen molar-refractivity contribution in [1.82, 2.24) is 0 Å². The van der Waals surface area contributed by atoms with E-state index < -0.39 is 0 Å². The largest absolute Gasteiger partial charge is 0.493 e. The molecule has 0 radical (unpaired) electrons. The van der Waals surface area contributed by atoms with E-state index in [0.717, 1.165) is 13.2 Å². The van der Waals surface area contributed by atoms with Crippen molar-refractivity contribution in [2.75, 3.05) is 20.3 Å². The van der Waals surface area contributed by atoms with Gasteiger partial charge in [-0.2, -0.15) is 0 Å². The highest BCUT2D eigenvalue weighted by atomic mass is 16.6. The predicted octanol–water partition coefficient (Wildman–Crippen LogP) is 0.574. The molecule has 3 rings (SSSR count). The van der Waals surface area contributed by atoms with Crippen LogP contribution in [0.3, 0.4) is 0 Å². The van der Waals surface area contributed by atoms with E-state index in [1.165, 1.54) is 6.26 Å². The van der Waals surface area contributed by atoms with Gasteiger partial charge in [0.05, 0.1) is 25.6 Å². The standard InChI is InChI=1S/C11H16O4/c1-3-13-10-8-6(4-12-2)7-5-14-11(10)9(7)15-8/h3,6-11H,1,4-5H2,2H3. The number of methoxy groups -OCH3 is 1. The van der Waals surface area contributed by atoms with E-state index in [0.29, 0.717) is 11.8 Å². The zero-order chi connectivity index (χ0) is 10.4. The van der Waals surface area contributed by atoms with Crippen LogP contribution in [0.15, 0.2) is 12.8 Å². The lowest BCUT2D eigenvalue weighted by Gasteiger charge is -2.28. The van der Waals surface area contributed by atoms with Crippen LogP contribution < -0.4 is 0 Å². The van der Waals surface area contributed by atoms with Crippen LogP contribution in [0.2, 0.25) is 0 Å². The van der Waals surface area contributed by atoms with Gasteiger partial charge in [0.2, 0.25) is 0 Å². The number of hydrogen-bond donors (Lipinski definition) is 0. The second kappa shape index (κ2) is 3.47. The molecule has 3 saturated heterocycles. The maximum absolute atomic E-state index is 5.91. The molecule has 2 bridgehead atoms. The fourth-order valence-corrected chi connectivity index (χ4v) is 3.19. The molecule has 0 saturated carbocycles. The summed E-state index contributed by atoms with van der Waals surface area (Å²) in [4.78, 5) is 0. The molecular weight excluding hydrogens is 196 g/mol. The van der Waals surface area contributed by atoms with Crippen LogP contribution in [-0.2, 0) is 18.9 Å². The van der Waals surface area contributed by atoms with E-state index in [2.05, 4.69) is 6.58 Å². The fraction of sp³-hybridized carbons (Fsp3) is 0.818. The normalized spacial score (nSPS) is 51.0. The van der Waals surface area contributed by atoms with E-state index >= 15 is 0 Å². The highest BCUT2D eigenvalue weighted by Crippen LogP contribution is 2.50. The lowest BCUT2D eigenvalue weighted by atomic mass is 9.79. The Balaban J connectivity index is 1.82. The Morgan fingerprint density at radius 3 is 3.00 bits per heavy atom. The smallest absolute Gasteiger partial charge is 0.153 e. The highest BCUT2D eigenvalue weighted by Gasteiger charge is 2.64. The molecule has 84 valence electrons. The molecule has 0 spiro atoms. The van der Waals surface area contributed by atoms with Crippen LogP contribution in [0, 0.1) is 11.8 Å². The zero-order valence-electron chi connectivity index (χ0n) is 8.80. The lowest BCUT2D eigenvalue weighted by Crippen LogP contribution is -2.44. The Labute approximate surface area is 89.1 Å². The van der Waals surface area contributed by atoms with Crippen LogP contribution in [-0.4, -0.2) is 44.7 Å². The molecule has 15 heavy (non-hydrogen) atoms. The van der Waals surface area contributed by atoms with Crippen LogP contribution in [0.4, 0.5) is 0 Å². The predicted molar refractivity (Wildman–Crippen MR) is 52.3 cm³/mol. The summed E-state index contributed by atoms with van der Waals surface area (Å²) in [5.41, 5.74) is 0. The molecule has 0 amide bonds. The molecule has 3 heterocycles. The van der Waals surface area contributed by atoms with Crippen molar-refractivity contribution >= 4 is 0 Å². The van der Waals surface area contributed by atoms with Gasteiger partial charge in [-0.1, -0.05) is 6.58 Å². The van der Waals surface area contributed by atoms with Gasteiger partial charge < -0.3 is 18.9 Å². The van der Waals surface area contributed by atoms with Gasteiger partial charge in [-0.15, -0.1) is 0 Å². The van der Waals surface area contributed by atoms with Gasteiger partial charge in [0.15, 0.2) is 6.10 Å². The van der Waals surface area contributed by atoms with E-state index in [4.69, 9.17) is 18.9 Å². The molecule has 4 heteroatoms. The number of hydrogen-bond acceptors (Lipinski definition) is 4. The first-order valence-electron chi connectivity index (χ1n) is 5.39. The van der Waals surface area contributed by atoms with Crippen molar-refractivity contribution in [3.63, 3.8) is 0 Å². The molecule has 3 aliphatic heterocycles. The van der Waals surface area contributed by atoms with Crippen LogP contribution in [0.25, 0.3) is 0 Å². The maximum atomic E-state index is 5.91. The van der Waals surface area contributed by atoms with Crippen LogP contribution >= 0.6 is 0 Å².